The van der Waals surface area contributed by atoms with Crippen LogP contribution in [0.25, 0.3) is 11.1 Å². The molecule has 15 nitrogen and oxygen atoms in total. The molecule has 3 aliphatic heterocycles. The predicted octanol–water partition coefficient (Wildman–Crippen LogP) is 8.36. The Morgan fingerprint density at radius 2 is 1.47 bits per heavy atom. The number of Topliss-reactive ketones (excluding diaryl/α,β-unsaturated/α-hetero) is 1. The Bertz CT molecular complexity index is 2500. The molecule has 0 bridgehead atoms. The van der Waals surface area contributed by atoms with Crippen molar-refractivity contribution in [3.05, 3.63) is 126 Å². The highest BCUT2D eigenvalue weighted by Gasteiger charge is 2.53. The van der Waals surface area contributed by atoms with Gasteiger partial charge in [0.1, 0.15) is 18.2 Å². The summed E-state index contributed by atoms with van der Waals surface area (Å²) in [4.78, 5) is 85.9. The van der Waals surface area contributed by atoms with Gasteiger partial charge in [0.25, 0.3) is 5.91 Å². The summed E-state index contributed by atoms with van der Waals surface area (Å²) in [6.45, 7) is 4.80. The first-order valence-corrected chi connectivity index (χ1v) is 23.7. The summed E-state index contributed by atoms with van der Waals surface area (Å²) in [5.41, 5.74) is 5.27. The Morgan fingerprint density at radius 1 is 0.838 bits per heavy atom. The van der Waals surface area contributed by atoms with Gasteiger partial charge in [-0.1, -0.05) is 125 Å². The van der Waals surface area contributed by atoms with Crippen molar-refractivity contribution < 1.29 is 48.1 Å². The maximum Gasteiger partial charge on any atom is 0.413 e. The fourth-order valence-corrected chi connectivity index (χ4v) is 10.6. The van der Waals surface area contributed by atoms with Crippen LogP contribution in [0, 0.1) is 6.42 Å². The van der Waals surface area contributed by atoms with E-state index in [9.17, 15) is 33.9 Å². The van der Waals surface area contributed by atoms with Crippen LogP contribution in [0.2, 0.25) is 0 Å². The molecule has 0 saturated carbocycles. The zero-order valence-electron chi connectivity index (χ0n) is 38.9. The second kappa shape index (κ2) is 20.7. The van der Waals surface area contributed by atoms with Crippen molar-refractivity contribution in [2.45, 2.75) is 108 Å². The Kier molecular flexibility index (Phi) is 14.6. The van der Waals surface area contributed by atoms with E-state index in [1.54, 1.807) is 36.4 Å². The largest absolute Gasteiger partial charge is 0.465 e. The van der Waals surface area contributed by atoms with Gasteiger partial charge < -0.3 is 39.8 Å². The number of ketones is 1. The molecule has 1 spiro atoms. The summed E-state index contributed by atoms with van der Waals surface area (Å²) < 4.78 is 16.9. The van der Waals surface area contributed by atoms with Crippen molar-refractivity contribution in [2.75, 3.05) is 43.6 Å². The number of hydrogen-bond donors (Lipinski definition) is 3. The smallest absolute Gasteiger partial charge is 0.413 e. The van der Waals surface area contributed by atoms with Crippen LogP contribution in [0.5, 0.6) is 0 Å². The zero-order valence-corrected chi connectivity index (χ0v) is 38.9. The molecule has 4 aromatic carbocycles. The van der Waals surface area contributed by atoms with Gasteiger partial charge in [-0.15, -0.1) is 0 Å². The fourth-order valence-electron chi connectivity index (χ4n) is 10.6. The number of carboxylic acid groups (broad SMARTS) is 1. The molecule has 0 aromatic heterocycles. The maximum atomic E-state index is 14.5. The van der Waals surface area contributed by atoms with Crippen molar-refractivity contribution >= 4 is 47.1 Å². The molecule has 5 amide bonds. The molecule has 8 rings (SSSR count). The number of rotatable bonds is 17. The molecule has 4 aromatic rings. The number of anilines is 2. The number of benzene rings is 4. The first-order valence-electron chi connectivity index (χ1n) is 23.7. The molecule has 3 saturated heterocycles. The van der Waals surface area contributed by atoms with E-state index in [4.69, 9.17) is 14.2 Å². The Morgan fingerprint density at radius 3 is 2.10 bits per heavy atom. The summed E-state index contributed by atoms with van der Waals surface area (Å²) in [7, 11) is 1.18. The summed E-state index contributed by atoms with van der Waals surface area (Å²) in [5.74, 6) is -2.74. The number of carbonyl (C=O) groups excluding carboxylic acids is 5. The Labute approximate surface area is 397 Å². The van der Waals surface area contributed by atoms with Gasteiger partial charge in [0, 0.05) is 29.6 Å². The van der Waals surface area contributed by atoms with Gasteiger partial charge in [-0.25, -0.2) is 9.59 Å². The molecule has 3 heterocycles. The van der Waals surface area contributed by atoms with Crippen LogP contribution in [0.1, 0.15) is 106 Å². The van der Waals surface area contributed by atoms with Gasteiger partial charge in [-0.3, -0.25) is 24.1 Å². The maximum absolute atomic E-state index is 14.5. The molecular formula is C53H60N5O10. The topological polar surface area (TPSA) is 184 Å². The highest BCUT2D eigenvalue weighted by molar-refractivity contribution is 6.01. The number of nitrogens with zero attached hydrogens (tertiary/aromatic N) is 3. The monoisotopic (exact) mass is 926 g/mol. The van der Waals surface area contributed by atoms with Crippen LogP contribution < -0.4 is 15.5 Å². The number of unbranched alkanes of at least 4 members (excludes halogenated alkanes) is 4. The highest BCUT2D eigenvalue weighted by Crippen LogP contribution is 2.56. The molecule has 0 unspecified atom stereocenters. The minimum atomic E-state index is -1.35. The van der Waals surface area contributed by atoms with E-state index >= 15 is 0 Å². The van der Waals surface area contributed by atoms with Gasteiger partial charge in [0.2, 0.25) is 11.8 Å². The first-order chi connectivity index (χ1) is 32.9. The van der Waals surface area contributed by atoms with E-state index in [1.165, 1.54) is 23.3 Å². The molecular weight excluding hydrogens is 867 g/mol. The average molecular weight is 927 g/mol. The molecule has 1 radical (unpaired) electrons. The number of alkyl carbamates (subject to hydrolysis) is 1. The number of carbonyl (C=O) groups is 6. The lowest BCUT2D eigenvalue weighted by atomic mass is 9.70. The van der Waals surface area contributed by atoms with Gasteiger partial charge in [0.05, 0.1) is 39.8 Å². The van der Waals surface area contributed by atoms with Gasteiger partial charge in [-0.2, -0.15) is 0 Å². The lowest BCUT2D eigenvalue weighted by Gasteiger charge is -2.36. The molecule has 15 heteroatoms. The molecule has 4 aliphatic rings. The predicted molar refractivity (Wildman–Crippen MR) is 255 cm³/mol. The van der Waals surface area contributed by atoms with Gasteiger partial charge in [0.15, 0.2) is 11.6 Å². The van der Waals surface area contributed by atoms with E-state index in [2.05, 4.69) is 24.5 Å². The highest BCUT2D eigenvalue weighted by atomic mass is 16.7. The zero-order chi connectivity index (χ0) is 48.0. The third-order valence-electron chi connectivity index (χ3n) is 13.8. The number of amides is 5. The molecule has 68 heavy (non-hydrogen) atoms. The molecule has 3 N–H and O–H groups in total. The van der Waals surface area contributed by atoms with E-state index < -0.39 is 47.5 Å². The molecule has 1 aliphatic carbocycles. The average Bonchev–Trinajstić information content (AvgIpc) is 4.13. The SMILES string of the molecule is CCCCCC1(CCCCC)c2cc(NC(=O)[C@@H]3CC4(CN3C(=O)[CH]c3ccccc3)OCCO4)ccc2-c2ccc(N(C(=O)O)[C@H]3CC(=O)CN3C(=O)[C@H](NC(=O)OC)c3ccccc3)cc21. The minimum Gasteiger partial charge on any atom is -0.465 e. The van der Waals surface area contributed by atoms with Crippen molar-refractivity contribution in [1.82, 2.24) is 15.1 Å². The van der Waals surface area contributed by atoms with Gasteiger partial charge >= 0.3 is 12.2 Å². The summed E-state index contributed by atoms with van der Waals surface area (Å²) >= 11 is 0. The number of nitrogens with one attached hydrogen (secondary N) is 2. The molecule has 3 atom stereocenters. The van der Waals surface area contributed by atoms with Crippen LogP contribution in [0.15, 0.2) is 97.1 Å². The van der Waals surface area contributed by atoms with E-state index in [1.807, 2.05) is 60.7 Å². The molecule has 3 fully saturated rings. The Hall–Kier alpha value is -6.58. The third-order valence-corrected chi connectivity index (χ3v) is 13.8. The third kappa shape index (κ3) is 9.72. The van der Waals surface area contributed by atoms with Crippen molar-refractivity contribution in [1.29, 1.82) is 0 Å². The normalized spacial score (nSPS) is 19.1. The number of ether oxygens (including phenoxy) is 3. The van der Waals surface area contributed by atoms with E-state index in [0.29, 0.717) is 35.7 Å². The number of methoxy groups -OCH3 is 1. The van der Waals surface area contributed by atoms with Crippen LogP contribution in [-0.4, -0.2) is 102 Å². The quantitative estimate of drug-likeness (QED) is 0.0870. The molecule has 357 valence electrons. The van der Waals surface area contributed by atoms with Crippen LogP contribution in [0.3, 0.4) is 0 Å². The summed E-state index contributed by atoms with van der Waals surface area (Å²) in [6.07, 6.45) is 5.21. The lowest BCUT2D eigenvalue weighted by molar-refractivity contribution is -0.151. The second-order valence-corrected chi connectivity index (χ2v) is 18.1. The number of hydrogen-bond acceptors (Lipinski definition) is 9. The van der Waals surface area contributed by atoms with E-state index in [-0.39, 0.29) is 43.5 Å². The lowest BCUT2D eigenvalue weighted by Crippen LogP contribution is -2.53. The second-order valence-electron chi connectivity index (χ2n) is 18.1. The Balaban J connectivity index is 1.14. The summed E-state index contributed by atoms with van der Waals surface area (Å²) in [5, 5.41) is 16.8. The van der Waals surface area contributed by atoms with Crippen molar-refractivity contribution in [2.24, 2.45) is 0 Å². The first kappa shape index (κ1) is 47.9. The van der Waals surface area contributed by atoms with Crippen LogP contribution in [-0.2, 0) is 38.8 Å². The summed E-state index contributed by atoms with van der Waals surface area (Å²) in [6, 6.07) is 27.1. The fraction of sp³-hybridized carbons (Fsp3) is 0.415. The number of likely N-dealkylation sites (tertiary alicyclic amines) is 2. The standard InChI is InChI=1S/C53H60N5O10/c1-4-6-14-24-52(25-15-7-5-2)42-29-37(54-48(61)44-32-53(67-26-27-68-53)34-57(44)46(60)28-35-16-10-8-11-17-35)20-22-40(42)41-23-21-38(30-43(41)52)58(51(64)65)45-31-39(59)33-56(45)49(62)47(55-50(63)66-3)36-18-12-9-13-19-36/h8-13,16-23,28-30,44-45,47H,4-7,14-15,24-27,31-34H2,1-3H3,(H,54,61)(H,55,63)(H,64,65)/t44-,45-,47+/m0/s1. The van der Waals surface area contributed by atoms with Gasteiger partial charge in [-0.05, 0) is 70.5 Å². The number of fused-ring (bicyclic) bond motifs is 3. The van der Waals surface area contributed by atoms with Crippen molar-refractivity contribution in [3.63, 3.8) is 0 Å². The van der Waals surface area contributed by atoms with Crippen molar-refractivity contribution in [3.8, 4) is 11.1 Å². The van der Waals surface area contributed by atoms with E-state index in [0.717, 1.165) is 78.5 Å². The van der Waals surface area contributed by atoms with Crippen LogP contribution >= 0.6 is 0 Å². The minimum absolute atomic E-state index is 0.110. The van der Waals surface area contributed by atoms with Crippen LogP contribution in [0.4, 0.5) is 21.0 Å².